The van der Waals surface area contributed by atoms with Crippen LogP contribution in [-0.4, -0.2) is 42.7 Å². The fourth-order valence-electron chi connectivity index (χ4n) is 2.51. The van der Waals surface area contributed by atoms with Crippen LogP contribution >= 0.6 is 0 Å². The first-order chi connectivity index (χ1) is 9.88. The molecule has 112 valence electrons. The molecular formula is C16H27N3O. The fraction of sp³-hybridized carbons (Fsp3) is 0.688. The van der Waals surface area contributed by atoms with E-state index in [1.807, 2.05) is 18.3 Å². The van der Waals surface area contributed by atoms with Gasteiger partial charge in [-0.15, -0.1) is 0 Å². The summed E-state index contributed by atoms with van der Waals surface area (Å²) < 4.78 is 5.78. The van der Waals surface area contributed by atoms with Crippen LogP contribution in [0, 0.1) is 0 Å². The molecule has 1 aromatic heterocycles. The fourth-order valence-corrected chi connectivity index (χ4v) is 2.51. The zero-order valence-corrected chi connectivity index (χ0v) is 12.6. The molecule has 0 radical (unpaired) electrons. The van der Waals surface area contributed by atoms with Crippen molar-refractivity contribution in [1.29, 1.82) is 0 Å². The van der Waals surface area contributed by atoms with Gasteiger partial charge in [-0.2, -0.15) is 0 Å². The zero-order chi connectivity index (χ0) is 14.0. The SMILES string of the molecule is CCCNCc1ccnc(OCCN2CCCCC2)c1. The summed E-state index contributed by atoms with van der Waals surface area (Å²) >= 11 is 0. The van der Waals surface area contributed by atoms with E-state index in [0.29, 0.717) is 0 Å². The van der Waals surface area contributed by atoms with Crippen molar-refractivity contribution in [2.45, 2.75) is 39.2 Å². The van der Waals surface area contributed by atoms with Crippen molar-refractivity contribution in [3.63, 3.8) is 0 Å². The smallest absolute Gasteiger partial charge is 0.213 e. The summed E-state index contributed by atoms with van der Waals surface area (Å²) in [5, 5.41) is 3.39. The summed E-state index contributed by atoms with van der Waals surface area (Å²) in [6, 6.07) is 4.08. The summed E-state index contributed by atoms with van der Waals surface area (Å²) in [4.78, 5) is 6.76. The Kier molecular flexibility index (Phi) is 6.81. The van der Waals surface area contributed by atoms with Gasteiger partial charge in [0.1, 0.15) is 6.61 Å². The van der Waals surface area contributed by atoms with E-state index in [0.717, 1.165) is 38.5 Å². The highest BCUT2D eigenvalue weighted by atomic mass is 16.5. The molecule has 1 aliphatic rings. The quantitative estimate of drug-likeness (QED) is 0.741. The highest BCUT2D eigenvalue weighted by molar-refractivity contribution is 5.20. The summed E-state index contributed by atoms with van der Waals surface area (Å²) in [5.74, 6) is 0.748. The van der Waals surface area contributed by atoms with Gasteiger partial charge in [-0.3, -0.25) is 4.90 Å². The van der Waals surface area contributed by atoms with E-state index in [1.165, 1.54) is 37.9 Å². The lowest BCUT2D eigenvalue weighted by Crippen LogP contribution is -2.33. The minimum atomic E-state index is 0.735. The third-order valence-electron chi connectivity index (χ3n) is 3.66. The Bertz CT molecular complexity index is 378. The highest BCUT2D eigenvalue weighted by Gasteiger charge is 2.09. The third-order valence-corrected chi connectivity index (χ3v) is 3.66. The lowest BCUT2D eigenvalue weighted by molar-refractivity contribution is 0.180. The number of ether oxygens (including phenoxy) is 1. The maximum atomic E-state index is 5.78. The number of hydrogen-bond acceptors (Lipinski definition) is 4. The van der Waals surface area contributed by atoms with Crippen LogP contribution in [0.3, 0.4) is 0 Å². The monoisotopic (exact) mass is 277 g/mol. The van der Waals surface area contributed by atoms with E-state index in [2.05, 4.69) is 22.1 Å². The number of hydrogen-bond donors (Lipinski definition) is 1. The summed E-state index contributed by atoms with van der Waals surface area (Å²) in [6.07, 6.45) is 7.03. The minimum absolute atomic E-state index is 0.735. The molecular weight excluding hydrogens is 250 g/mol. The van der Waals surface area contributed by atoms with Crippen LogP contribution in [0.2, 0.25) is 0 Å². The van der Waals surface area contributed by atoms with E-state index < -0.39 is 0 Å². The van der Waals surface area contributed by atoms with E-state index in [1.54, 1.807) is 0 Å². The molecule has 4 nitrogen and oxygen atoms in total. The second-order valence-corrected chi connectivity index (χ2v) is 5.43. The van der Waals surface area contributed by atoms with Crippen LogP contribution in [0.1, 0.15) is 38.2 Å². The Morgan fingerprint density at radius 1 is 1.30 bits per heavy atom. The lowest BCUT2D eigenvalue weighted by atomic mass is 10.1. The highest BCUT2D eigenvalue weighted by Crippen LogP contribution is 2.11. The molecule has 4 heteroatoms. The average Bonchev–Trinajstić information content (AvgIpc) is 2.49. The number of piperidine rings is 1. The van der Waals surface area contributed by atoms with Crippen LogP contribution < -0.4 is 10.1 Å². The Morgan fingerprint density at radius 2 is 2.15 bits per heavy atom. The molecule has 1 fully saturated rings. The summed E-state index contributed by atoms with van der Waals surface area (Å²) in [6.45, 7) is 8.30. The molecule has 0 unspecified atom stereocenters. The molecule has 0 atom stereocenters. The first kappa shape index (κ1) is 15.3. The molecule has 1 saturated heterocycles. The molecule has 0 saturated carbocycles. The average molecular weight is 277 g/mol. The van der Waals surface area contributed by atoms with Crippen molar-refractivity contribution in [3.8, 4) is 5.88 Å². The molecule has 0 spiro atoms. The van der Waals surface area contributed by atoms with Crippen LogP contribution in [0.5, 0.6) is 5.88 Å². The van der Waals surface area contributed by atoms with Crippen LogP contribution in [0.25, 0.3) is 0 Å². The Balaban J connectivity index is 1.70. The normalized spacial score (nSPS) is 16.2. The number of pyridine rings is 1. The second-order valence-electron chi connectivity index (χ2n) is 5.43. The van der Waals surface area contributed by atoms with Crippen molar-refractivity contribution in [1.82, 2.24) is 15.2 Å². The molecule has 1 N–H and O–H groups in total. The van der Waals surface area contributed by atoms with Gasteiger partial charge in [0.05, 0.1) is 0 Å². The zero-order valence-electron chi connectivity index (χ0n) is 12.6. The van der Waals surface area contributed by atoms with Gasteiger partial charge in [-0.25, -0.2) is 4.98 Å². The van der Waals surface area contributed by atoms with E-state index in [9.17, 15) is 0 Å². The van der Waals surface area contributed by atoms with Crippen molar-refractivity contribution < 1.29 is 4.74 Å². The van der Waals surface area contributed by atoms with E-state index >= 15 is 0 Å². The van der Waals surface area contributed by atoms with Gasteiger partial charge in [0, 0.05) is 25.4 Å². The van der Waals surface area contributed by atoms with Gasteiger partial charge >= 0.3 is 0 Å². The molecule has 0 aliphatic carbocycles. The summed E-state index contributed by atoms with van der Waals surface area (Å²) in [5.41, 5.74) is 1.24. The first-order valence-electron chi connectivity index (χ1n) is 7.89. The van der Waals surface area contributed by atoms with E-state index in [4.69, 9.17) is 4.74 Å². The predicted molar refractivity (Wildman–Crippen MR) is 82.0 cm³/mol. The molecule has 2 rings (SSSR count). The van der Waals surface area contributed by atoms with Crippen LogP contribution in [0.4, 0.5) is 0 Å². The number of nitrogens with zero attached hydrogens (tertiary/aromatic N) is 2. The third kappa shape index (κ3) is 5.47. The topological polar surface area (TPSA) is 37.4 Å². The van der Waals surface area contributed by atoms with Gasteiger partial charge in [0.25, 0.3) is 0 Å². The van der Waals surface area contributed by atoms with Gasteiger partial charge < -0.3 is 10.1 Å². The van der Waals surface area contributed by atoms with Gasteiger partial charge in [-0.1, -0.05) is 13.3 Å². The van der Waals surface area contributed by atoms with Crippen molar-refractivity contribution >= 4 is 0 Å². The van der Waals surface area contributed by atoms with Crippen LogP contribution in [-0.2, 0) is 6.54 Å². The Labute approximate surface area is 122 Å². The van der Waals surface area contributed by atoms with Crippen molar-refractivity contribution in [2.75, 3.05) is 32.8 Å². The van der Waals surface area contributed by atoms with Gasteiger partial charge in [0.2, 0.25) is 5.88 Å². The van der Waals surface area contributed by atoms with Gasteiger partial charge in [-0.05, 0) is 50.5 Å². The minimum Gasteiger partial charge on any atom is -0.476 e. The molecule has 20 heavy (non-hydrogen) atoms. The molecule has 1 aromatic rings. The molecule has 2 heterocycles. The predicted octanol–water partition coefficient (Wildman–Crippen LogP) is 2.45. The van der Waals surface area contributed by atoms with Crippen LogP contribution in [0.15, 0.2) is 18.3 Å². The maximum Gasteiger partial charge on any atom is 0.213 e. The number of nitrogens with one attached hydrogen (secondary N) is 1. The van der Waals surface area contributed by atoms with Gasteiger partial charge in [0.15, 0.2) is 0 Å². The standard InChI is InChI=1S/C16H27N3O/c1-2-7-17-14-15-6-8-18-16(13-15)20-12-11-19-9-4-3-5-10-19/h6,8,13,17H,2-5,7,9-12,14H2,1H3. The van der Waals surface area contributed by atoms with Crippen molar-refractivity contribution in [3.05, 3.63) is 23.9 Å². The lowest BCUT2D eigenvalue weighted by Gasteiger charge is -2.26. The molecule has 0 amide bonds. The largest absolute Gasteiger partial charge is 0.476 e. The number of likely N-dealkylation sites (tertiary alicyclic amines) is 1. The van der Waals surface area contributed by atoms with Crippen molar-refractivity contribution in [2.24, 2.45) is 0 Å². The van der Waals surface area contributed by atoms with E-state index in [-0.39, 0.29) is 0 Å². The molecule has 0 aromatic carbocycles. The number of rotatable bonds is 8. The number of aromatic nitrogens is 1. The summed E-state index contributed by atoms with van der Waals surface area (Å²) in [7, 11) is 0. The second kappa shape index (κ2) is 8.93. The maximum absolute atomic E-state index is 5.78. The Morgan fingerprint density at radius 3 is 2.95 bits per heavy atom. The first-order valence-corrected chi connectivity index (χ1v) is 7.89. The molecule has 1 aliphatic heterocycles. The Hall–Kier alpha value is -1.13. The molecule has 0 bridgehead atoms.